The highest BCUT2D eigenvalue weighted by atomic mass is 16.5. The molecule has 4 N–H and O–H groups in total. The summed E-state index contributed by atoms with van der Waals surface area (Å²) in [6, 6.07) is 1.84. The van der Waals surface area contributed by atoms with Gasteiger partial charge >= 0.3 is 0 Å². The van der Waals surface area contributed by atoms with Crippen molar-refractivity contribution in [2.24, 2.45) is 10.8 Å². The molecular weight excluding hydrogens is 170 g/mol. The Hall–Kier alpha value is -1.56. The van der Waals surface area contributed by atoms with E-state index in [-0.39, 0.29) is 0 Å². The van der Waals surface area contributed by atoms with Crippen LogP contribution in [0.2, 0.25) is 0 Å². The fourth-order valence-corrected chi connectivity index (χ4v) is 0.865. The van der Waals surface area contributed by atoms with Crippen molar-refractivity contribution in [3.05, 3.63) is 17.5 Å². The standard InChI is InChI=1S/C7H13N5O/c1-5-3-6(13-12-5)4-10-7(9-2)11-8/h3H,4,8H2,1-2H3,(H2,9,10,11). The van der Waals surface area contributed by atoms with Crippen molar-refractivity contribution in [3.63, 3.8) is 0 Å². The summed E-state index contributed by atoms with van der Waals surface area (Å²) in [6.45, 7) is 2.38. The zero-order valence-electron chi connectivity index (χ0n) is 7.66. The van der Waals surface area contributed by atoms with Gasteiger partial charge in [0.1, 0.15) is 0 Å². The van der Waals surface area contributed by atoms with E-state index in [1.807, 2.05) is 13.0 Å². The maximum absolute atomic E-state index is 5.16. The first-order chi connectivity index (χ1) is 6.26. The van der Waals surface area contributed by atoms with E-state index < -0.39 is 0 Å². The molecule has 0 amide bonds. The van der Waals surface area contributed by atoms with Crippen LogP contribution in [-0.2, 0) is 6.54 Å². The highest BCUT2D eigenvalue weighted by Crippen LogP contribution is 2.00. The van der Waals surface area contributed by atoms with Crippen LogP contribution < -0.4 is 16.6 Å². The molecule has 0 aliphatic rings. The quantitative estimate of drug-likeness (QED) is 0.249. The largest absolute Gasteiger partial charge is 0.359 e. The molecule has 0 atom stereocenters. The molecule has 1 heterocycles. The molecule has 0 bridgehead atoms. The van der Waals surface area contributed by atoms with E-state index in [1.54, 1.807) is 7.05 Å². The number of hydrazine groups is 1. The first-order valence-corrected chi connectivity index (χ1v) is 3.85. The number of guanidine groups is 1. The molecule has 0 saturated carbocycles. The molecular formula is C7H13N5O. The molecule has 1 aromatic rings. The van der Waals surface area contributed by atoms with E-state index >= 15 is 0 Å². The summed E-state index contributed by atoms with van der Waals surface area (Å²) < 4.78 is 4.97. The summed E-state index contributed by atoms with van der Waals surface area (Å²) in [5.74, 6) is 6.42. The van der Waals surface area contributed by atoms with Gasteiger partial charge in [0.25, 0.3) is 0 Å². The van der Waals surface area contributed by atoms with E-state index in [0.717, 1.165) is 11.5 Å². The number of nitrogens with zero attached hydrogens (tertiary/aromatic N) is 2. The van der Waals surface area contributed by atoms with Crippen LogP contribution in [0, 0.1) is 6.92 Å². The van der Waals surface area contributed by atoms with Gasteiger partial charge < -0.3 is 9.84 Å². The minimum Gasteiger partial charge on any atom is -0.359 e. The topological polar surface area (TPSA) is 88.5 Å². The number of rotatable bonds is 2. The summed E-state index contributed by atoms with van der Waals surface area (Å²) in [7, 11) is 1.63. The van der Waals surface area contributed by atoms with Crippen LogP contribution in [0.5, 0.6) is 0 Å². The highest BCUT2D eigenvalue weighted by Gasteiger charge is 2.00. The highest BCUT2D eigenvalue weighted by molar-refractivity contribution is 5.78. The van der Waals surface area contributed by atoms with Gasteiger partial charge in [-0.3, -0.25) is 10.4 Å². The number of aryl methyl sites for hydroxylation is 1. The third-order valence-electron chi connectivity index (χ3n) is 1.47. The van der Waals surface area contributed by atoms with Gasteiger partial charge in [0, 0.05) is 13.1 Å². The van der Waals surface area contributed by atoms with Gasteiger partial charge in [-0.15, -0.1) is 0 Å². The molecule has 0 fully saturated rings. The number of hydrogen-bond donors (Lipinski definition) is 3. The molecule has 0 unspecified atom stereocenters. The summed E-state index contributed by atoms with van der Waals surface area (Å²) in [6.07, 6.45) is 0. The van der Waals surface area contributed by atoms with Gasteiger partial charge in [-0.05, 0) is 6.92 Å². The molecule has 0 saturated heterocycles. The first-order valence-electron chi connectivity index (χ1n) is 3.85. The molecule has 0 radical (unpaired) electrons. The Morgan fingerprint density at radius 2 is 2.54 bits per heavy atom. The Labute approximate surface area is 76.2 Å². The number of nitrogens with one attached hydrogen (secondary N) is 2. The normalized spacial score (nSPS) is 11.5. The Kier molecular flexibility index (Phi) is 3.27. The van der Waals surface area contributed by atoms with Crippen molar-refractivity contribution >= 4 is 5.96 Å². The monoisotopic (exact) mass is 183 g/mol. The summed E-state index contributed by atoms with van der Waals surface area (Å²) in [5.41, 5.74) is 3.26. The van der Waals surface area contributed by atoms with Gasteiger partial charge in [-0.1, -0.05) is 5.16 Å². The molecule has 1 aromatic heterocycles. The van der Waals surface area contributed by atoms with Crippen molar-refractivity contribution < 1.29 is 4.52 Å². The lowest BCUT2D eigenvalue weighted by Crippen LogP contribution is -2.40. The van der Waals surface area contributed by atoms with Gasteiger partial charge in [0.15, 0.2) is 5.76 Å². The van der Waals surface area contributed by atoms with E-state index in [0.29, 0.717) is 12.5 Å². The van der Waals surface area contributed by atoms with Crippen molar-refractivity contribution in [1.29, 1.82) is 0 Å². The summed E-state index contributed by atoms with van der Waals surface area (Å²) in [5, 5.41) is 6.67. The van der Waals surface area contributed by atoms with Crippen molar-refractivity contribution in [2.75, 3.05) is 7.05 Å². The number of hydrogen-bond acceptors (Lipinski definition) is 4. The smallest absolute Gasteiger partial charge is 0.205 e. The molecule has 0 spiro atoms. The molecule has 6 nitrogen and oxygen atoms in total. The van der Waals surface area contributed by atoms with Crippen molar-refractivity contribution in [2.45, 2.75) is 13.5 Å². The SMILES string of the molecule is CN=C(NN)NCc1cc(C)no1. The fourth-order valence-electron chi connectivity index (χ4n) is 0.865. The molecule has 6 heteroatoms. The Bertz CT molecular complexity index is 293. The Morgan fingerprint density at radius 1 is 1.77 bits per heavy atom. The molecule has 0 aliphatic heterocycles. The van der Waals surface area contributed by atoms with Crippen LogP contribution in [0.15, 0.2) is 15.6 Å². The summed E-state index contributed by atoms with van der Waals surface area (Å²) >= 11 is 0. The van der Waals surface area contributed by atoms with Gasteiger partial charge in [-0.2, -0.15) is 0 Å². The van der Waals surface area contributed by atoms with Gasteiger partial charge in [0.05, 0.1) is 12.2 Å². The second-order valence-electron chi connectivity index (χ2n) is 2.50. The lowest BCUT2D eigenvalue weighted by atomic mass is 10.4. The van der Waals surface area contributed by atoms with Gasteiger partial charge in [-0.25, -0.2) is 5.84 Å². The molecule has 72 valence electrons. The van der Waals surface area contributed by atoms with Gasteiger partial charge in [0.2, 0.25) is 5.96 Å². The zero-order chi connectivity index (χ0) is 9.68. The minimum absolute atomic E-state index is 0.508. The fraction of sp³-hybridized carbons (Fsp3) is 0.429. The molecule has 0 aromatic carbocycles. The van der Waals surface area contributed by atoms with Crippen LogP contribution >= 0.6 is 0 Å². The van der Waals surface area contributed by atoms with E-state index in [2.05, 4.69) is 20.9 Å². The lowest BCUT2D eigenvalue weighted by molar-refractivity contribution is 0.376. The summed E-state index contributed by atoms with van der Waals surface area (Å²) in [4.78, 5) is 3.84. The third-order valence-corrected chi connectivity index (χ3v) is 1.47. The van der Waals surface area contributed by atoms with Crippen LogP contribution in [0.3, 0.4) is 0 Å². The van der Waals surface area contributed by atoms with Crippen LogP contribution in [0.1, 0.15) is 11.5 Å². The maximum atomic E-state index is 5.16. The predicted molar refractivity (Wildman–Crippen MR) is 48.8 cm³/mol. The van der Waals surface area contributed by atoms with Crippen molar-refractivity contribution in [1.82, 2.24) is 15.9 Å². The van der Waals surface area contributed by atoms with Crippen LogP contribution in [0.4, 0.5) is 0 Å². The van der Waals surface area contributed by atoms with E-state index in [1.165, 1.54) is 0 Å². The zero-order valence-corrected chi connectivity index (χ0v) is 7.66. The molecule has 1 rings (SSSR count). The Morgan fingerprint density at radius 3 is 3.00 bits per heavy atom. The lowest BCUT2D eigenvalue weighted by Gasteiger charge is -2.04. The maximum Gasteiger partial charge on any atom is 0.205 e. The molecule has 13 heavy (non-hydrogen) atoms. The average molecular weight is 183 g/mol. The predicted octanol–water partition coefficient (Wildman–Crippen LogP) is -0.478. The second kappa shape index (κ2) is 4.46. The van der Waals surface area contributed by atoms with E-state index in [4.69, 9.17) is 10.4 Å². The molecule has 0 aliphatic carbocycles. The minimum atomic E-state index is 0.508. The second-order valence-corrected chi connectivity index (χ2v) is 2.50. The van der Waals surface area contributed by atoms with Crippen LogP contribution in [-0.4, -0.2) is 18.2 Å². The third kappa shape index (κ3) is 2.75. The van der Waals surface area contributed by atoms with Crippen molar-refractivity contribution in [3.8, 4) is 0 Å². The van der Waals surface area contributed by atoms with Crippen LogP contribution in [0.25, 0.3) is 0 Å². The first kappa shape index (κ1) is 9.53. The average Bonchev–Trinajstić information content (AvgIpc) is 2.53. The number of nitrogens with two attached hydrogens (primary N) is 1. The number of aromatic nitrogens is 1. The Balaban J connectivity index is 2.43. The number of aliphatic imine (C=N–C) groups is 1. The van der Waals surface area contributed by atoms with E-state index in [9.17, 15) is 0 Å².